The Kier molecular flexibility index (Phi) is 5.78. The fourth-order valence-electron chi connectivity index (χ4n) is 2.91. The highest BCUT2D eigenvalue weighted by molar-refractivity contribution is 7.89. The third kappa shape index (κ3) is 3.57. The second kappa shape index (κ2) is 7.25. The van der Waals surface area contributed by atoms with E-state index in [4.69, 9.17) is 26.8 Å². The summed E-state index contributed by atoms with van der Waals surface area (Å²) in [6, 6.07) is 2.39. The van der Waals surface area contributed by atoms with Crippen molar-refractivity contribution in [2.24, 2.45) is 5.73 Å². The number of methoxy groups -OCH3 is 2. The number of nitrogens with zero attached hydrogens (tertiary/aromatic N) is 1. The molecular weight excluding hydrogens is 340 g/mol. The average molecular weight is 363 g/mol. The molecule has 23 heavy (non-hydrogen) atoms. The molecule has 6 nitrogen and oxygen atoms in total. The zero-order valence-electron chi connectivity index (χ0n) is 13.6. The van der Waals surface area contributed by atoms with Gasteiger partial charge >= 0.3 is 0 Å². The van der Waals surface area contributed by atoms with E-state index in [0.29, 0.717) is 18.0 Å². The number of hydrogen-bond acceptors (Lipinski definition) is 5. The number of ether oxygens (including phenoxy) is 2. The van der Waals surface area contributed by atoms with Crippen molar-refractivity contribution in [2.45, 2.75) is 43.2 Å². The van der Waals surface area contributed by atoms with Crippen LogP contribution in [0.5, 0.6) is 11.5 Å². The normalized spacial score (nSPS) is 21.0. The van der Waals surface area contributed by atoms with Crippen molar-refractivity contribution >= 4 is 21.6 Å². The molecule has 1 aromatic carbocycles. The van der Waals surface area contributed by atoms with E-state index in [0.717, 1.165) is 19.3 Å². The fraction of sp³-hybridized carbons (Fsp3) is 0.600. The summed E-state index contributed by atoms with van der Waals surface area (Å²) in [6.45, 7) is 2.27. The topological polar surface area (TPSA) is 81.9 Å². The molecule has 130 valence electrons. The van der Waals surface area contributed by atoms with Gasteiger partial charge in [-0.25, -0.2) is 8.42 Å². The van der Waals surface area contributed by atoms with Crippen molar-refractivity contribution in [3.8, 4) is 11.5 Å². The first-order valence-corrected chi connectivity index (χ1v) is 9.33. The van der Waals surface area contributed by atoms with Gasteiger partial charge in [0.15, 0.2) is 11.5 Å². The van der Waals surface area contributed by atoms with Crippen LogP contribution in [-0.4, -0.2) is 45.6 Å². The van der Waals surface area contributed by atoms with Crippen LogP contribution < -0.4 is 15.2 Å². The third-order valence-electron chi connectivity index (χ3n) is 4.13. The van der Waals surface area contributed by atoms with Crippen LogP contribution in [0, 0.1) is 0 Å². The molecular formula is C15H23ClN2O4S. The van der Waals surface area contributed by atoms with Crippen LogP contribution in [0.25, 0.3) is 0 Å². The Morgan fingerprint density at radius 1 is 1.26 bits per heavy atom. The van der Waals surface area contributed by atoms with Crippen molar-refractivity contribution in [2.75, 3.05) is 20.8 Å². The molecule has 2 unspecified atom stereocenters. The Morgan fingerprint density at radius 3 is 2.43 bits per heavy atom. The summed E-state index contributed by atoms with van der Waals surface area (Å²) in [7, 11) is -0.835. The fourth-order valence-corrected chi connectivity index (χ4v) is 5.20. The summed E-state index contributed by atoms with van der Waals surface area (Å²) in [5.41, 5.74) is 5.99. The minimum absolute atomic E-state index is 0.0179. The second-order valence-corrected chi connectivity index (χ2v) is 7.94. The van der Waals surface area contributed by atoms with Crippen LogP contribution in [-0.2, 0) is 10.0 Å². The highest BCUT2D eigenvalue weighted by Gasteiger charge is 2.37. The molecule has 1 saturated heterocycles. The van der Waals surface area contributed by atoms with Gasteiger partial charge in [-0.05, 0) is 19.8 Å². The lowest BCUT2D eigenvalue weighted by Gasteiger charge is -2.37. The van der Waals surface area contributed by atoms with E-state index in [1.807, 2.05) is 6.92 Å². The first-order valence-electron chi connectivity index (χ1n) is 7.52. The van der Waals surface area contributed by atoms with Gasteiger partial charge in [0.1, 0.15) is 4.90 Å². The van der Waals surface area contributed by atoms with Gasteiger partial charge in [0.05, 0.1) is 19.2 Å². The molecule has 2 atom stereocenters. The van der Waals surface area contributed by atoms with E-state index < -0.39 is 10.0 Å². The highest BCUT2D eigenvalue weighted by atomic mass is 35.5. The van der Waals surface area contributed by atoms with Crippen LogP contribution in [0.15, 0.2) is 17.0 Å². The average Bonchev–Trinajstić information content (AvgIpc) is 2.54. The van der Waals surface area contributed by atoms with Crippen LogP contribution in [0.2, 0.25) is 5.02 Å². The molecule has 2 rings (SSSR count). The number of hydrogen-bond donors (Lipinski definition) is 1. The highest BCUT2D eigenvalue weighted by Crippen LogP contribution is 2.38. The summed E-state index contributed by atoms with van der Waals surface area (Å²) in [6.07, 6.45) is 2.53. The maximum absolute atomic E-state index is 13.1. The predicted molar refractivity (Wildman–Crippen MR) is 89.7 cm³/mol. The molecule has 8 heteroatoms. The minimum Gasteiger partial charge on any atom is -0.493 e. The molecule has 1 aromatic rings. The van der Waals surface area contributed by atoms with E-state index in [9.17, 15) is 8.42 Å². The molecule has 1 heterocycles. The van der Waals surface area contributed by atoms with Gasteiger partial charge in [-0.2, -0.15) is 4.31 Å². The molecule has 0 radical (unpaired) electrons. The maximum Gasteiger partial charge on any atom is 0.245 e. The third-order valence-corrected chi connectivity index (χ3v) is 6.52. The van der Waals surface area contributed by atoms with Gasteiger partial charge in [-0.15, -0.1) is 0 Å². The number of piperidine rings is 1. The van der Waals surface area contributed by atoms with Gasteiger partial charge in [0.2, 0.25) is 10.0 Å². The van der Waals surface area contributed by atoms with Gasteiger partial charge in [-0.1, -0.05) is 18.0 Å². The number of nitrogens with two attached hydrogens (primary N) is 1. The first-order chi connectivity index (χ1) is 10.8. The second-order valence-electron chi connectivity index (χ2n) is 5.68. The van der Waals surface area contributed by atoms with Crippen molar-refractivity contribution in [3.05, 3.63) is 17.2 Å². The van der Waals surface area contributed by atoms with Gasteiger partial charge in [-0.3, -0.25) is 0 Å². The molecule has 0 amide bonds. The standard InChI is InChI=1S/C15H23ClN2O4S/c1-10(17)12-6-4-5-7-18(12)23(19,20)15-9-14(22-3)13(21-2)8-11(15)16/h8-10,12H,4-7,17H2,1-3H3. The van der Waals surface area contributed by atoms with Crippen LogP contribution >= 0.6 is 11.6 Å². The Morgan fingerprint density at radius 2 is 1.87 bits per heavy atom. The molecule has 0 aromatic heterocycles. The Hall–Kier alpha value is -1.02. The molecule has 0 aliphatic carbocycles. The van der Waals surface area contributed by atoms with E-state index >= 15 is 0 Å². The smallest absolute Gasteiger partial charge is 0.245 e. The Bertz CT molecular complexity index is 664. The molecule has 0 bridgehead atoms. The number of rotatable bonds is 5. The lowest BCUT2D eigenvalue weighted by molar-refractivity contribution is 0.227. The molecule has 1 aliphatic heterocycles. The van der Waals surface area contributed by atoms with Crippen molar-refractivity contribution in [1.29, 1.82) is 0 Å². The molecule has 0 saturated carbocycles. The van der Waals surface area contributed by atoms with E-state index in [1.54, 1.807) is 0 Å². The molecule has 1 aliphatic rings. The Labute approximate surface area is 142 Å². The van der Waals surface area contributed by atoms with Crippen molar-refractivity contribution in [3.63, 3.8) is 0 Å². The lowest BCUT2D eigenvalue weighted by atomic mass is 10.00. The molecule has 0 spiro atoms. The summed E-state index contributed by atoms with van der Waals surface area (Å²) >= 11 is 6.20. The van der Waals surface area contributed by atoms with E-state index in [2.05, 4.69) is 0 Å². The van der Waals surface area contributed by atoms with Crippen LogP contribution in [0.4, 0.5) is 0 Å². The predicted octanol–water partition coefficient (Wildman–Crippen LogP) is 2.25. The summed E-state index contributed by atoms with van der Waals surface area (Å²) in [4.78, 5) is 0.0179. The minimum atomic E-state index is -3.76. The van der Waals surface area contributed by atoms with E-state index in [1.165, 1.54) is 30.7 Å². The lowest BCUT2D eigenvalue weighted by Crippen LogP contribution is -2.51. The summed E-state index contributed by atoms with van der Waals surface area (Å²) in [5, 5.41) is 0.108. The van der Waals surface area contributed by atoms with Gasteiger partial charge < -0.3 is 15.2 Å². The monoisotopic (exact) mass is 362 g/mol. The quantitative estimate of drug-likeness (QED) is 0.868. The molecule has 2 N–H and O–H groups in total. The van der Waals surface area contributed by atoms with E-state index in [-0.39, 0.29) is 22.0 Å². The van der Waals surface area contributed by atoms with Crippen LogP contribution in [0.3, 0.4) is 0 Å². The van der Waals surface area contributed by atoms with Crippen LogP contribution in [0.1, 0.15) is 26.2 Å². The maximum atomic E-state index is 13.1. The number of sulfonamides is 1. The van der Waals surface area contributed by atoms with Crippen molar-refractivity contribution < 1.29 is 17.9 Å². The summed E-state index contributed by atoms with van der Waals surface area (Å²) in [5.74, 6) is 0.712. The van der Waals surface area contributed by atoms with Gasteiger partial charge in [0, 0.05) is 30.8 Å². The molecule has 1 fully saturated rings. The Balaban J connectivity index is 2.50. The summed E-state index contributed by atoms with van der Waals surface area (Å²) < 4.78 is 38.0. The first kappa shape index (κ1) is 18.3. The number of halogens is 1. The zero-order chi connectivity index (χ0) is 17.2. The largest absolute Gasteiger partial charge is 0.493 e. The van der Waals surface area contributed by atoms with Crippen molar-refractivity contribution in [1.82, 2.24) is 4.31 Å². The number of benzene rings is 1. The SMILES string of the molecule is COc1cc(Cl)c(S(=O)(=O)N2CCCCC2C(C)N)cc1OC. The zero-order valence-corrected chi connectivity index (χ0v) is 15.2. The van der Waals surface area contributed by atoms with Gasteiger partial charge in [0.25, 0.3) is 0 Å².